The summed E-state index contributed by atoms with van der Waals surface area (Å²) in [5.74, 6) is 0.650. The van der Waals surface area contributed by atoms with Crippen LogP contribution in [0.5, 0.6) is 5.75 Å². The van der Waals surface area contributed by atoms with Gasteiger partial charge in [0.15, 0.2) is 0 Å². The summed E-state index contributed by atoms with van der Waals surface area (Å²) in [7, 11) is 0. The van der Waals surface area contributed by atoms with Gasteiger partial charge in [-0.2, -0.15) is 5.10 Å². The van der Waals surface area contributed by atoms with Crippen LogP contribution in [0.1, 0.15) is 51.4 Å². The molecule has 2 fully saturated rings. The smallest absolute Gasteiger partial charge is 0.224 e. The Bertz CT molecular complexity index is 2110. The largest absolute Gasteiger partial charge is 0.492 e. The fraction of sp³-hybridized carbons (Fsp3) is 0.333. The van der Waals surface area contributed by atoms with E-state index in [0.29, 0.717) is 41.6 Å². The molecule has 6 aromatic rings. The van der Waals surface area contributed by atoms with Gasteiger partial charge >= 0.3 is 0 Å². The van der Waals surface area contributed by atoms with E-state index in [1.165, 1.54) is 44.2 Å². The zero-order chi connectivity index (χ0) is 33.2. The number of aromatic nitrogens is 5. The number of hydrogen-bond donors (Lipinski definition) is 3. The number of likely N-dealkylation sites (tertiary alicyclic amines) is 1. The number of hydrogen-bond acceptors (Lipinski definition) is 6. The molecule has 250 valence electrons. The summed E-state index contributed by atoms with van der Waals surface area (Å²) >= 11 is 0. The van der Waals surface area contributed by atoms with Crippen LogP contribution >= 0.6 is 0 Å². The highest BCUT2D eigenvalue weighted by Gasteiger charge is 2.19. The van der Waals surface area contributed by atoms with E-state index in [9.17, 15) is 9.18 Å². The summed E-state index contributed by atoms with van der Waals surface area (Å²) in [6.45, 7) is 3.53. The van der Waals surface area contributed by atoms with E-state index in [0.717, 1.165) is 76.8 Å². The van der Waals surface area contributed by atoms with Gasteiger partial charge in [-0.05, 0) is 92.7 Å². The first-order valence-corrected chi connectivity index (χ1v) is 17.4. The van der Waals surface area contributed by atoms with Crippen molar-refractivity contribution in [2.24, 2.45) is 5.92 Å². The molecule has 0 bridgehead atoms. The van der Waals surface area contributed by atoms with Gasteiger partial charge in [-0.3, -0.25) is 24.8 Å². The lowest BCUT2D eigenvalue weighted by Crippen LogP contribution is -2.25. The maximum atomic E-state index is 14.8. The number of rotatable bonds is 10. The quantitative estimate of drug-likeness (QED) is 0.137. The average Bonchev–Trinajstić information content (AvgIpc) is 3.88. The molecule has 1 saturated carbocycles. The highest BCUT2D eigenvalue weighted by atomic mass is 19.1. The molecule has 1 saturated heterocycles. The monoisotopic (exact) mass is 657 g/mol. The number of nitrogens with one attached hydrogen (secondary N) is 3. The van der Waals surface area contributed by atoms with E-state index in [1.54, 1.807) is 12.4 Å². The van der Waals surface area contributed by atoms with Crippen molar-refractivity contribution >= 4 is 33.4 Å². The minimum Gasteiger partial charge on any atom is -0.492 e. The third kappa shape index (κ3) is 6.91. The van der Waals surface area contributed by atoms with Crippen LogP contribution in [-0.4, -0.2) is 62.2 Å². The van der Waals surface area contributed by atoms with Gasteiger partial charge in [-0.15, -0.1) is 0 Å². The minimum absolute atomic E-state index is 0.0469. The molecule has 2 aliphatic rings. The Morgan fingerprint density at radius 2 is 1.73 bits per heavy atom. The normalized spacial score (nSPS) is 15.7. The van der Waals surface area contributed by atoms with Crippen molar-refractivity contribution < 1.29 is 13.9 Å². The molecule has 1 aliphatic carbocycles. The van der Waals surface area contributed by atoms with Crippen LogP contribution in [-0.2, 0) is 4.79 Å². The van der Waals surface area contributed by atoms with Crippen molar-refractivity contribution in [3.63, 3.8) is 0 Å². The van der Waals surface area contributed by atoms with Crippen molar-refractivity contribution in [1.82, 2.24) is 30.0 Å². The van der Waals surface area contributed by atoms with Gasteiger partial charge in [0.2, 0.25) is 5.91 Å². The Hall–Kier alpha value is -5.09. The molecule has 0 atom stereocenters. The number of pyridine rings is 2. The summed E-state index contributed by atoms with van der Waals surface area (Å²) in [4.78, 5) is 27.8. The van der Waals surface area contributed by atoms with Crippen molar-refractivity contribution in [2.75, 3.05) is 31.6 Å². The number of ether oxygens (including phenoxy) is 1. The molecular formula is C39H40FN7O2. The number of H-pyrrole nitrogens is 2. The fourth-order valence-electron chi connectivity index (χ4n) is 7.42. The van der Waals surface area contributed by atoms with Crippen LogP contribution in [0.4, 0.5) is 10.1 Å². The minimum atomic E-state index is -0.364. The van der Waals surface area contributed by atoms with Crippen LogP contribution in [0.15, 0.2) is 73.2 Å². The lowest BCUT2D eigenvalue weighted by atomic mass is 9.87. The molecule has 0 unspecified atom stereocenters. The SMILES string of the molecule is O=C(CC1CCCCC1)Nc1cncc(-c2ccc3[nH]nc(-c4cc5c(-c6cc(F)cc(OCCN7CCCC7)c6)nccc5[nH]4)c3c2)c1. The summed E-state index contributed by atoms with van der Waals surface area (Å²) in [6.07, 6.45) is 14.2. The molecule has 10 heteroatoms. The van der Waals surface area contributed by atoms with Crippen LogP contribution in [0.3, 0.4) is 0 Å². The third-order valence-electron chi connectivity index (χ3n) is 9.94. The average molecular weight is 658 g/mol. The zero-order valence-electron chi connectivity index (χ0n) is 27.5. The van der Waals surface area contributed by atoms with Crippen molar-refractivity contribution in [1.29, 1.82) is 0 Å². The number of fused-ring (bicyclic) bond motifs is 2. The van der Waals surface area contributed by atoms with Crippen LogP contribution in [0.2, 0.25) is 0 Å². The van der Waals surface area contributed by atoms with Crippen LogP contribution in [0.25, 0.3) is 55.6 Å². The van der Waals surface area contributed by atoms with E-state index in [2.05, 4.69) is 41.4 Å². The highest BCUT2D eigenvalue weighted by Crippen LogP contribution is 2.36. The number of aromatic amines is 2. The van der Waals surface area contributed by atoms with Gasteiger partial charge in [0.1, 0.15) is 23.9 Å². The zero-order valence-corrected chi connectivity index (χ0v) is 27.5. The van der Waals surface area contributed by atoms with Gasteiger partial charge in [0.25, 0.3) is 0 Å². The van der Waals surface area contributed by atoms with E-state index < -0.39 is 0 Å². The first-order chi connectivity index (χ1) is 24.1. The first-order valence-electron chi connectivity index (χ1n) is 17.4. The molecule has 8 rings (SSSR count). The molecule has 9 nitrogen and oxygen atoms in total. The summed E-state index contributed by atoms with van der Waals surface area (Å²) in [5, 5.41) is 12.7. The molecule has 0 spiro atoms. The van der Waals surface area contributed by atoms with Crippen LogP contribution in [0, 0.1) is 11.7 Å². The molecule has 0 radical (unpaired) electrons. The second-order valence-corrected chi connectivity index (χ2v) is 13.4. The van der Waals surface area contributed by atoms with Crippen molar-refractivity contribution in [3.8, 4) is 39.5 Å². The summed E-state index contributed by atoms with van der Waals surface area (Å²) in [6, 6.07) is 16.8. The second-order valence-electron chi connectivity index (χ2n) is 13.4. The first kappa shape index (κ1) is 31.2. The highest BCUT2D eigenvalue weighted by molar-refractivity contribution is 6.01. The number of anilines is 1. The molecule has 49 heavy (non-hydrogen) atoms. The van der Waals surface area contributed by atoms with E-state index in [-0.39, 0.29) is 11.7 Å². The fourth-order valence-corrected chi connectivity index (χ4v) is 7.42. The van der Waals surface area contributed by atoms with Crippen molar-refractivity contribution in [2.45, 2.75) is 51.4 Å². The van der Waals surface area contributed by atoms with Gasteiger partial charge in [-0.25, -0.2) is 4.39 Å². The van der Waals surface area contributed by atoms with Gasteiger partial charge < -0.3 is 15.0 Å². The Kier molecular flexibility index (Phi) is 8.78. The number of benzene rings is 2. The number of amides is 1. The Labute approximate surface area is 284 Å². The lowest BCUT2D eigenvalue weighted by molar-refractivity contribution is -0.117. The predicted octanol–water partition coefficient (Wildman–Crippen LogP) is 8.36. The summed E-state index contributed by atoms with van der Waals surface area (Å²) in [5.41, 5.74) is 7.20. The molecule has 3 N–H and O–H groups in total. The topological polar surface area (TPSA) is 112 Å². The van der Waals surface area contributed by atoms with E-state index in [1.807, 2.05) is 42.6 Å². The second kappa shape index (κ2) is 13.8. The molecule has 1 amide bonds. The van der Waals surface area contributed by atoms with E-state index in [4.69, 9.17) is 4.74 Å². The summed E-state index contributed by atoms with van der Waals surface area (Å²) < 4.78 is 20.8. The molecule has 5 heterocycles. The predicted molar refractivity (Wildman–Crippen MR) is 191 cm³/mol. The van der Waals surface area contributed by atoms with Gasteiger partial charge in [-0.1, -0.05) is 25.3 Å². The van der Waals surface area contributed by atoms with Crippen LogP contribution < -0.4 is 10.1 Å². The molecule has 2 aromatic carbocycles. The lowest BCUT2D eigenvalue weighted by Gasteiger charge is -2.20. The standard InChI is InChI=1S/C39H40FN7O2/c40-29-17-27(19-31(21-29)49-15-14-47-12-4-5-13-47)38-33-22-36(44-34(33)10-11-42-38)39-32-20-26(8-9-35(32)45-46-39)28-18-30(24-41-23-28)43-37(48)16-25-6-2-1-3-7-25/h8-11,17-25,44H,1-7,12-16H2,(H,43,48)(H,45,46). The number of nitrogens with zero attached hydrogens (tertiary/aromatic N) is 4. The maximum absolute atomic E-state index is 14.8. The van der Waals surface area contributed by atoms with E-state index >= 15 is 0 Å². The number of carbonyl (C=O) groups excluding carboxylic acids is 1. The Morgan fingerprint density at radius 3 is 2.61 bits per heavy atom. The molecular weight excluding hydrogens is 617 g/mol. The molecule has 4 aromatic heterocycles. The van der Waals surface area contributed by atoms with Gasteiger partial charge in [0.05, 0.1) is 28.8 Å². The Balaban J connectivity index is 1.05. The van der Waals surface area contributed by atoms with Gasteiger partial charge in [0, 0.05) is 58.8 Å². The Morgan fingerprint density at radius 1 is 0.878 bits per heavy atom. The maximum Gasteiger partial charge on any atom is 0.224 e. The number of halogens is 1. The van der Waals surface area contributed by atoms with Crippen molar-refractivity contribution in [3.05, 3.63) is 79.0 Å². The third-order valence-corrected chi connectivity index (χ3v) is 9.94. The molecule has 1 aliphatic heterocycles. The number of carbonyl (C=O) groups is 1.